The van der Waals surface area contributed by atoms with E-state index >= 15 is 0 Å². The number of aromatic nitrogens is 5. The summed E-state index contributed by atoms with van der Waals surface area (Å²) in [6.45, 7) is 2.33. The first-order chi connectivity index (χ1) is 45.8. The quantitative estimate of drug-likeness (QED) is 0.0499. The number of benzene rings is 7. The van der Waals surface area contributed by atoms with Gasteiger partial charge in [-0.25, -0.2) is 66.1 Å². The molecule has 0 radical (unpaired) electrons. The Balaban J connectivity index is 0.000000150. The van der Waals surface area contributed by atoms with Crippen LogP contribution in [-0.4, -0.2) is 91.0 Å². The van der Waals surface area contributed by atoms with Crippen molar-refractivity contribution < 1.29 is 83.8 Å². The first-order valence-corrected chi connectivity index (χ1v) is 30.6. The van der Waals surface area contributed by atoms with Crippen LogP contribution >= 0.6 is 43.2 Å². The molecule has 5 heterocycles. The summed E-state index contributed by atoms with van der Waals surface area (Å²) in [7, 11) is 6.62. The molecule has 0 aliphatic heterocycles. The second-order valence-corrected chi connectivity index (χ2v) is 22.6. The molecule has 0 unspecified atom stereocenters. The maximum Gasteiger partial charge on any atom is 0.356 e. The van der Waals surface area contributed by atoms with Gasteiger partial charge < -0.3 is 42.6 Å². The summed E-state index contributed by atoms with van der Waals surface area (Å²) < 4.78 is 117. The number of hydrogen-bond donors (Lipinski definition) is 0. The number of para-hydroxylation sites is 1. The topological polar surface area (TPSA) is 216 Å². The summed E-state index contributed by atoms with van der Waals surface area (Å²) in [5, 5.41) is 2.83. The molecule has 0 aliphatic carbocycles. The zero-order valence-electron chi connectivity index (χ0n) is 50.9. The highest BCUT2D eigenvalue weighted by Gasteiger charge is 2.20. The van der Waals surface area contributed by atoms with Gasteiger partial charge in [0, 0.05) is 65.9 Å². The number of ether oxygens (including phenoxy) is 9. The molecule has 0 atom stereocenters. The van der Waals surface area contributed by atoms with Gasteiger partial charge in [0.1, 0.15) is 82.7 Å². The molecule has 12 aromatic rings. The Morgan fingerprint density at radius 2 is 0.768 bits per heavy atom. The molecule has 5 aromatic heterocycles. The highest BCUT2D eigenvalue weighted by molar-refractivity contribution is 9.10. The Morgan fingerprint density at radius 3 is 1.14 bits per heavy atom. The van der Waals surface area contributed by atoms with E-state index in [1.165, 1.54) is 131 Å². The molecule has 18 nitrogen and oxygen atoms in total. The van der Waals surface area contributed by atoms with Gasteiger partial charge in [0.15, 0.2) is 22.8 Å². The van der Waals surface area contributed by atoms with Crippen LogP contribution in [0.1, 0.15) is 65.0 Å². The number of esters is 4. The lowest BCUT2D eigenvalue weighted by molar-refractivity contribution is 0.0585. The number of hydrogen-bond acceptors (Lipinski definition) is 19. The molecule has 0 N–H and O–H groups in total. The van der Waals surface area contributed by atoms with Crippen LogP contribution in [-0.2, 0) is 38.8 Å². The van der Waals surface area contributed by atoms with E-state index in [9.17, 15) is 41.1 Å². The third kappa shape index (κ3) is 17.4. The molecule has 486 valence electrons. The number of carbonyl (C=O) groups is 4. The van der Waals surface area contributed by atoms with Crippen LogP contribution in [0, 0.1) is 29.1 Å². The van der Waals surface area contributed by atoms with E-state index in [0.29, 0.717) is 93.3 Å². The van der Waals surface area contributed by atoms with Crippen molar-refractivity contribution in [3.8, 4) is 28.7 Å². The molecular weight excluding hydrogens is 1390 g/mol. The third-order valence-corrected chi connectivity index (χ3v) is 15.5. The van der Waals surface area contributed by atoms with Crippen LogP contribution in [0.4, 0.5) is 22.0 Å². The second-order valence-electron chi connectivity index (χ2n) is 19.7. The molecule has 0 aliphatic rings. The standard InChI is InChI=1S/C19H15BrFNO4.C19H13FN2O3S.C18H12BrF2NO3.C13H12FNO3/c1-24-13-5-6-16-14(8-13)18(9-17(22-16)19(23)25-2)26-10-11-3-4-12(20)7-15(11)21;1-24-19(23)15-9-16(12-8-11(20)6-7-13(12)21-15)25-10-18-22-14-4-2-3-5-17(14)26-18;1-24-18(23)16-8-17(13-7-12(20)4-5-15(13)22-16)25-9-10-2-3-11(19)6-14(10)21;1-3-18-12-7-11(13(16)17-2)15-10-5-4-8(14)6-9(10)12/h3-9H,10H2,1-2H3;2-9H,10H2,1H3;2-8H,9H2,1H3;4-7H,3H2,1-2H3. The molecule has 12 rings (SSSR count). The fraction of sp³-hybridized carbons (Fsp3) is 0.145. The zero-order chi connectivity index (χ0) is 67.9. The molecular formula is C69H52Br2F5N5O13S. The van der Waals surface area contributed by atoms with E-state index in [4.69, 9.17) is 33.2 Å². The van der Waals surface area contributed by atoms with E-state index in [-0.39, 0.29) is 60.0 Å². The minimum absolute atomic E-state index is 0.00392. The predicted molar refractivity (Wildman–Crippen MR) is 351 cm³/mol. The van der Waals surface area contributed by atoms with Gasteiger partial charge in [-0.3, -0.25) is 0 Å². The van der Waals surface area contributed by atoms with Crippen LogP contribution in [0.25, 0.3) is 53.8 Å². The fourth-order valence-electron chi connectivity index (χ4n) is 8.98. The Bertz CT molecular complexity index is 4830. The number of nitrogens with zero attached hydrogens (tertiary/aromatic N) is 5. The Labute approximate surface area is 558 Å². The number of carbonyl (C=O) groups excluding carboxylic acids is 4. The smallest absolute Gasteiger partial charge is 0.356 e. The number of fused-ring (bicyclic) bond motifs is 5. The number of pyridine rings is 4. The molecule has 0 saturated heterocycles. The zero-order valence-corrected chi connectivity index (χ0v) is 54.9. The van der Waals surface area contributed by atoms with Gasteiger partial charge in [-0.2, -0.15) is 0 Å². The van der Waals surface area contributed by atoms with Crippen LogP contribution in [0.5, 0.6) is 28.7 Å². The van der Waals surface area contributed by atoms with Crippen LogP contribution in [0.15, 0.2) is 167 Å². The number of methoxy groups -OCH3 is 5. The van der Waals surface area contributed by atoms with Gasteiger partial charge in [0.05, 0.1) is 74.4 Å². The Kier molecular flexibility index (Phi) is 23.2. The average molecular weight is 1450 g/mol. The van der Waals surface area contributed by atoms with Crippen molar-refractivity contribution in [1.82, 2.24) is 24.9 Å². The fourth-order valence-corrected chi connectivity index (χ4v) is 10.5. The number of thiazole rings is 1. The molecule has 0 amide bonds. The van der Waals surface area contributed by atoms with Gasteiger partial charge in [0.2, 0.25) is 0 Å². The SMILES string of the molecule is CCOc1cc(C(=O)OC)nc2ccc(F)cc12.COC(=O)c1cc(OCc2ccc(Br)cc2F)c2cc(F)ccc2n1.COC(=O)c1cc(OCc2ccc(Br)cc2F)c2cc(OC)ccc2n1.COC(=O)c1cc(OCc2nc3ccccc3s2)c2cc(F)ccc2n1. The molecule has 7 aromatic carbocycles. The number of rotatable bonds is 16. The van der Waals surface area contributed by atoms with Gasteiger partial charge in [0.25, 0.3) is 0 Å². The van der Waals surface area contributed by atoms with Gasteiger partial charge in [-0.1, -0.05) is 56.1 Å². The second kappa shape index (κ2) is 31.9. The maximum absolute atomic E-state index is 14.0. The van der Waals surface area contributed by atoms with Gasteiger partial charge in [-0.15, -0.1) is 11.3 Å². The van der Waals surface area contributed by atoms with E-state index in [0.717, 1.165) is 15.2 Å². The first-order valence-electron chi connectivity index (χ1n) is 28.1. The monoisotopic (exact) mass is 1440 g/mol. The Morgan fingerprint density at radius 1 is 0.400 bits per heavy atom. The summed E-state index contributed by atoms with van der Waals surface area (Å²) in [5.74, 6) is -2.46. The summed E-state index contributed by atoms with van der Waals surface area (Å²) in [4.78, 5) is 68.2. The summed E-state index contributed by atoms with van der Waals surface area (Å²) in [6.07, 6.45) is 0. The van der Waals surface area contributed by atoms with E-state index < -0.39 is 41.3 Å². The summed E-state index contributed by atoms with van der Waals surface area (Å²) >= 11 is 7.93. The normalized spacial score (nSPS) is 10.7. The van der Waals surface area contributed by atoms with Gasteiger partial charge in [-0.05, 0) is 116 Å². The van der Waals surface area contributed by atoms with Crippen molar-refractivity contribution >= 4 is 121 Å². The highest BCUT2D eigenvalue weighted by Crippen LogP contribution is 2.34. The van der Waals surface area contributed by atoms with E-state index in [1.54, 1.807) is 49.6 Å². The molecule has 0 saturated carbocycles. The average Bonchev–Trinajstić information content (AvgIpc) is 1.38. The Hall–Kier alpha value is -10.4. The third-order valence-electron chi connectivity index (χ3n) is 13.5. The lowest BCUT2D eigenvalue weighted by Gasteiger charge is -2.12. The molecule has 26 heteroatoms. The van der Waals surface area contributed by atoms with Crippen LogP contribution in [0.3, 0.4) is 0 Å². The molecule has 95 heavy (non-hydrogen) atoms. The minimum Gasteiger partial charge on any atom is -0.497 e. The van der Waals surface area contributed by atoms with Gasteiger partial charge >= 0.3 is 23.9 Å². The number of halogens is 7. The van der Waals surface area contributed by atoms with E-state index in [2.05, 4.69) is 66.3 Å². The highest BCUT2D eigenvalue weighted by atomic mass is 79.9. The maximum atomic E-state index is 14.0. The van der Waals surface area contributed by atoms with Crippen molar-refractivity contribution in [2.24, 2.45) is 0 Å². The molecule has 0 fully saturated rings. The lowest BCUT2D eigenvalue weighted by Crippen LogP contribution is -2.06. The predicted octanol–water partition coefficient (Wildman–Crippen LogP) is 16.1. The molecule has 0 bridgehead atoms. The van der Waals surface area contributed by atoms with E-state index in [1.807, 2.05) is 31.2 Å². The minimum atomic E-state index is -0.647. The largest absolute Gasteiger partial charge is 0.497 e. The van der Waals surface area contributed by atoms with Crippen molar-refractivity contribution in [3.05, 3.63) is 235 Å². The van der Waals surface area contributed by atoms with Crippen molar-refractivity contribution in [2.75, 3.05) is 42.2 Å². The molecule has 0 spiro atoms. The first kappa shape index (κ1) is 68.9. The van der Waals surface area contributed by atoms with Crippen LogP contribution in [0.2, 0.25) is 0 Å². The van der Waals surface area contributed by atoms with Crippen molar-refractivity contribution in [2.45, 2.75) is 26.7 Å². The summed E-state index contributed by atoms with van der Waals surface area (Å²) in [5.41, 5.74) is 3.84. The summed E-state index contributed by atoms with van der Waals surface area (Å²) in [6, 6.07) is 40.2. The van der Waals surface area contributed by atoms with Crippen LogP contribution < -0.4 is 23.7 Å². The van der Waals surface area contributed by atoms with Crippen molar-refractivity contribution in [3.63, 3.8) is 0 Å². The lowest BCUT2D eigenvalue weighted by atomic mass is 10.1. The van der Waals surface area contributed by atoms with Crippen molar-refractivity contribution in [1.29, 1.82) is 0 Å².